The number of carbonyl (C=O) groups is 2. The second-order valence-electron chi connectivity index (χ2n) is 8.23. The molecule has 0 saturated carbocycles. The molecule has 1 N–H and O–H groups in total. The maximum absolute atomic E-state index is 13.2. The third-order valence-electron chi connectivity index (χ3n) is 5.87. The van der Waals surface area contributed by atoms with Crippen LogP contribution in [0.5, 0.6) is 0 Å². The van der Waals surface area contributed by atoms with E-state index in [9.17, 15) is 14.0 Å². The maximum Gasteiger partial charge on any atom is 0.320 e. The van der Waals surface area contributed by atoms with E-state index in [1.54, 1.807) is 9.80 Å². The lowest BCUT2D eigenvalue weighted by molar-refractivity contribution is 0.0794. The van der Waals surface area contributed by atoms with Gasteiger partial charge in [0.15, 0.2) is 5.58 Å². The van der Waals surface area contributed by atoms with Crippen LogP contribution in [0, 0.1) is 12.7 Å². The summed E-state index contributed by atoms with van der Waals surface area (Å²) in [5.41, 5.74) is 2.31. The Bertz CT molecular complexity index is 1220. The van der Waals surface area contributed by atoms with Crippen molar-refractivity contribution in [2.45, 2.75) is 13.0 Å². The number of nitrogens with one attached hydrogen (secondary N) is 1. The molecule has 2 aliphatic rings. The van der Waals surface area contributed by atoms with Gasteiger partial charge in [0, 0.05) is 45.0 Å². The van der Waals surface area contributed by atoms with Crippen molar-refractivity contribution in [3.63, 3.8) is 0 Å². The summed E-state index contributed by atoms with van der Waals surface area (Å²) < 4.78 is 19.0. The molecule has 3 amide bonds. The van der Waals surface area contributed by atoms with E-state index in [1.807, 2.05) is 24.0 Å². The summed E-state index contributed by atoms with van der Waals surface area (Å²) in [7, 11) is 0. The van der Waals surface area contributed by atoms with E-state index in [0.29, 0.717) is 56.5 Å². The van der Waals surface area contributed by atoms with Gasteiger partial charge in [-0.25, -0.2) is 14.2 Å². The Morgan fingerprint density at radius 3 is 2.58 bits per heavy atom. The molecule has 0 aliphatic carbocycles. The fourth-order valence-electron chi connectivity index (χ4n) is 3.99. The van der Waals surface area contributed by atoms with Crippen LogP contribution in [0.4, 0.5) is 15.2 Å². The molecule has 1 aromatic carbocycles. The number of amides is 3. The number of halogens is 2. The van der Waals surface area contributed by atoms with Gasteiger partial charge < -0.3 is 24.4 Å². The number of aromatic nitrogens is 2. The molecule has 0 bridgehead atoms. The number of aryl methyl sites for hydroxylation is 1. The molecule has 5 rings (SSSR count). The topological polar surface area (TPSA) is 94.8 Å². The maximum atomic E-state index is 13.2. The van der Waals surface area contributed by atoms with Gasteiger partial charge in [0.1, 0.15) is 5.82 Å². The lowest BCUT2D eigenvalue weighted by Crippen LogP contribution is -2.64. The highest BCUT2D eigenvalue weighted by atomic mass is 35.5. The van der Waals surface area contributed by atoms with Crippen molar-refractivity contribution in [3.8, 4) is 0 Å². The Balaban J connectivity index is 1.11. The Hall–Kier alpha value is -3.40. The van der Waals surface area contributed by atoms with Crippen LogP contribution in [-0.4, -0.2) is 77.0 Å². The number of pyridine rings is 1. The van der Waals surface area contributed by atoms with Gasteiger partial charge in [-0.05, 0) is 37.3 Å². The van der Waals surface area contributed by atoms with Crippen molar-refractivity contribution < 1.29 is 18.4 Å². The molecule has 0 radical (unpaired) electrons. The number of anilines is 1. The molecule has 33 heavy (non-hydrogen) atoms. The Morgan fingerprint density at radius 2 is 1.85 bits per heavy atom. The van der Waals surface area contributed by atoms with E-state index < -0.39 is 5.82 Å². The summed E-state index contributed by atoms with van der Waals surface area (Å²) in [4.78, 5) is 39.5. The van der Waals surface area contributed by atoms with Crippen molar-refractivity contribution in [1.82, 2.24) is 25.1 Å². The van der Waals surface area contributed by atoms with Crippen LogP contribution < -0.4 is 10.2 Å². The van der Waals surface area contributed by atoms with Gasteiger partial charge in [-0.15, -0.1) is 0 Å². The van der Waals surface area contributed by atoms with Gasteiger partial charge >= 0.3 is 6.03 Å². The molecule has 4 heterocycles. The summed E-state index contributed by atoms with van der Waals surface area (Å²) in [6, 6.07) is 7.67. The van der Waals surface area contributed by atoms with Crippen molar-refractivity contribution in [2.75, 3.05) is 44.2 Å². The standard InChI is InChI=1S/C22H22ClFN6O3/c1-13-2-5-18-19(25-13)27-21(33-18)28-6-8-29(9-7-28)22(32)30-11-15(12-30)26-20(31)16-4-3-14(24)10-17(16)23/h2-5,10,15H,6-9,11-12H2,1H3,(H,26,31). The summed E-state index contributed by atoms with van der Waals surface area (Å²) in [6.07, 6.45) is 0. The molecule has 2 aromatic heterocycles. The van der Waals surface area contributed by atoms with Gasteiger partial charge in [0.05, 0.1) is 16.6 Å². The highest BCUT2D eigenvalue weighted by molar-refractivity contribution is 6.33. The van der Waals surface area contributed by atoms with Gasteiger partial charge in [-0.1, -0.05) is 11.6 Å². The Labute approximate surface area is 194 Å². The normalized spacial score (nSPS) is 16.8. The largest absolute Gasteiger partial charge is 0.422 e. The van der Waals surface area contributed by atoms with E-state index in [1.165, 1.54) is 12.1 Å². The molecular weight excluding hydrogens is 451 g/mol. The predicted molar refractivity (Wildman–Crippen MR) is 120 cm³/mol. The summed E-state index contributed by atoms with van der Waals surface area (Å²) in [6.45, 7) is 5.04. The number of oxazole rings is 1. The predicted octanol–water partition coefficient (Wildman–Crippen LogP) is 2.68. The number of nitrogens with zero attached hydrogens (tertiary/aromatic N) is 5. The third-order valence-corrected chi connectivity index (χ3v) is 6.18. The quantitative estimate of drug-likeness (QED) is 0.629. The molecule has 0 unspecified atom stereocenters. The fourth-order valence-corrected chi connectivity index (χ4v) is 4.24. The van der Waals surface area contributed by atoms with E-state index in [0.717, 1.165) is 11.8 Å². The van der Waals surface area contributed by atoms with Crippen molar-refractivity contribution >= 4 is 40.8 Å². The summed E-state index contributed by atoms with van der Waals surface area (Å²) in [5.74, 6) is -0.881. The minimum absolute atomic E-state index is 0.0579. The molecule has 2 fully saturated rings. The van der Waals surface area contributed by atoms with Gasteiger partial charge in [0.25, 0.3) is 11.9 Å². The van der Waals surface area contributed by atoms with Crippen LogP contribution in [0.2, 0.25) is 5.02 Å². The molecule has 2 aliphatic heterocycles. The second kappa shape index (κ2) is 8.51. The van der Waals surface area contributed by atoms with Crippen LogP contribution in [0.15, 0.2) is 34.7 Å². The minimum Gasteiger partial charge on any atom is -0.422 e. The zero-order chi connectivity index (χ0) is 23.1. The number of benzene rings is 1. The number of hydrogen-bond donors (Lipinski definition) is 1. The highest BCUT2D eigenvalue weighted by Crippen LogP contribution is 2.23. The summed E-state index contributed by atoms with van der Waals surface area (Å²) >= 11 is 5.94. The Morgan fingerprint density at radius 1 is 1.09 bits per heavy atom. The average Bonchev–Trinajstić information content (AvgIpc) is 3.18. The molecule has 2 saturated heterocycles. The Kier molecular flexibility index (Phi) is 5.53. The van der Waals surface area contributed by atoms with E-state index in [2.05, 4.69) is 15.3 Å². The lowest BCUT2D eigenvalue weighted by atomic mass is 10.1. The number of hydrogen-bond acceptors (Lipinski definition) is 6. The first kappa shape index (κ1) is 21.4. The first-order valence-electron chi connectivity index (χ1n) is 10.7. The number of carbonyl (C=O) groups excluding carboxylic acids is 2. The average molecular weight is 473 g/mol. The van der Waals surface area contributed by atoms with E-state index >= 15 is 0 Å². The van der Waals surface area contributed by atoms with Crippen LogP contribution in [0.1, 0.15) is 16.1 Å². The van der Waals surface area contributed by atoms with Crippen LogP contribution in [0.3, 0.4) is 0 Å². The van der Waals surface area contributed by atoms with Gasteiger partial charge in [-0.3, -0.25) is 4.79 Å². The van der Waals surface area contributed by atoms with Crippen molar-refractivity contribution in [3.05, 3.63) is 52.4 Å². The molecule has 3 aromatic rings. The van der Waals surface area contributed by atoms with Crippen molar-refractivity contribution in [2.24, 2.45) is 0 Å². The van der Waals surface area contributed by atoms with E-state index in [4.69, 9.17) is 16.0 Å². The number of piperazine rings is 1. The smallest absolute Gasteiger partial charge is 0.320 e. The highest BCUT2D eigenvalue weighted by Gasteiger charge is 2.36. The zero-order valence-electron chi connectivity index (χ0n) is 17.9. The number of urea groups is 1. The molecular formula is C22H22ClFN6O3. The summed E-state index contributed by atoms with van der Waals surface area (Å²) in [5, 5.41) is 2.89. The third kappa shape index (κ3) is 4.30. The molecule has 11 heteroatoms. The fraction of sp³-hybridized carbons (Fsp3) is 0.364. The van der Waals surface area contributed by atoms with Gasteiger partial charge in [-0.2, -0.15) is 4.98 Å². The molecule has 9 nitrogen and oxygen atoms in total. The number of likely N-dealkylation sites (tertiary alicyclic amines) is 1. The van der Waals surface area contributed by atoms with Crippen LogP contribution in [-0.2, 0) is 0 Å². The molecule has 172 valence electrons. The first-order chi connectivity index (χ1) is 15.9. The van der Waals surface area contributed by atoms with E-state index in [-0.39, 0.29) is 28.6 Å². The van der Waals surface area contributed by atoms with Crippen molar-refractivity contribution in [1.29, 1.82) is 0 Å². The number of rotatable bonds is 3. The van der Waals surface area contributed by atoms with Crippen LogP contribution >= 0.6 is 11.6 Å². The van der Waals surface area contributed by atoms with Crippen LogP contribution in [0.25, 0.3) is 11.2 Å². The SMILES string of the molecule is Cc1ccc2oc(N3CCN(C(=O)N4CC(NC(=O)c5ccc(F)cc5Cl)C4)CC3)nc2n1. The minimum atomic E-state index is -0.500. The first-order valence-corrected chi connectivity index (χ1v) is 11.0. The van der Waals surface area contributed by atoms with Gasteiger partial charge in [0.2, 0.25) is 5.65 Å². The molecule has 0 atom stereocenters. The molecule has 0 spiro atoms. The zero-order valence-corrected chi connectivity index (χ0v) is 18.7. The lowest BCUT2D eigenvalue weighted by Gasteiger charge is -2.44. The monoisotopic (exact) mass is 472 g/mol. The second-order valence-corrected chi connectivity index (χ2v) is 8.63. The number of fused-ring (bicyclic) bond motifs is 1.